The van der Waals surface area contributed by atoms with Gasteiger partial charge >= 0.3 is 5.97 Å². The Hall–Kier alpha value is -3.73. The van der Waals surface area contributed by atoms with E-state index in [9.17, 15) is 9.59 Å². The third-order valence-electron chi connectivity index (χ3n) is 6.49. The fourth-order valence-corrected chi connectivity index (χ4v) is 7.45. The molecule has 2 heterocycles. The van der Waals surface area contributed by atoms with Crippen LogP contribution in [0.4, 0.5) is 0 Å². The number of benzene rings is 3. The van der Waals surface area contributed by atoms with Crippen LogP contribution in [0, 0.1) is 14.9 Å². The molecule has 1 aliphatic rings. The summed E-state index contributed by atoms with van der Waals surface area (Å²) in [4.78, 5) is 33.2. The Morgan fingerprint density at radius 2 is 1.86 bits per heavy atom. The average molecular weight is 770 g/mol. The summed E-state index contributed by atoms with van der Waals surface area (Å²) >= 11 is 6.87. The van der Waals surface area contributed by atoms with Gasteiger partial charge in [-0.3, -0.25) is 9.36 Å². The van der Waals surface area contributed by atoms with Gasteiger partial charge in [0.2, 0.25) is 0 Å². The summed E-state index contributed by atoms with van der Waals surface area (Å²) in [5, 5.41) is 9.11. The van der Waals surface area contributed by atoms with Crippen LogP contribution in [-0.4, -0.2) is 30.4 Å². The Balaban J connectivity index is 1.80. The van der Waals surface area contributed by atoms with Gasteiger partial charge < -0.3 is 14.2 Å². The number of nitriles is 1. The number of hydrogen-bond donors (Lipinski definition) is 0. The third kappa shape index (κ3) is 6.46. The first kappa shape index (κ1) is 30.7. The fraction of sp³-hybridized carbons (Fsp3) is 0.188. The highest BCUT2D eigenvalue weighted by Crippen LogP contribution is 2.36. The summed E-state index contributed by atoms with van der Waals surface area (Å²) in [5.41, 5.74) is 2.46. The van der Waals surface area contributed by atoms with Crippen molar-refractivity contribution in [3.8, 4) is 17.6 Å². The Labute approximate surface area is 273 Å². The minimum absolute atomic E-state index is 0.138. The lowest BCUT2D eigenvalue weighted by atomic mass is 9.93. The van der Waals surface area contributed by atoms with Crippen molar-refractivity contribution < 1.29 is 19.0 Å². The molecule has 0 amide bonds. The van der Waals surface area contributed by atoms with Gasteiger partial charge in [-0.2, -0.15) is 5.26 Å². The first-order valence-corrected chi connectivity index (χ1v) is 16.0. The molecule has 5 rings (SSSR count). The zero-order valence-electron chi connectivity index (χ0n) is 23.2. The Morgan fingerprint density at radius 3 is 2.53 bits per heavy atom. The van der Waals surface area contributed by atoms with Gasteiger partial charge in [0.15, 0.2) is 11.4 Å². The van der Waals surface area contributed by atoms with E-state index < -0.39 is 12.0 Å². The van der Waals surface area contributed by atoms with E-state index in [0.29, 0.717) is 44.3 Å². The topological polar surface area (TPSA) is 103 Å². The van der Waals surface area contributed by atoms with Crippen molar-refractivity contribution in [1.29, 1.82) is 5.26 Å². The largest absolute Gasteiger partial charge is 0.494 e. The number of thiazole rings is 1. The number of aromatic nitrogens is 1. The summed E-state index contributed by atoms with van der Waals surface area (Å²) in [6.45, 7) is 4.18. The molecular weight excluding hydrogens is 745 g/mol. The van der Waals surface area contributed by atoms with E-state index >= 15 is 0 Å². The van der Waals surface area contributed by atoms with Crippen molar-refractivity contribution >= 4 is 67.6 Å². The summed E-state index contributed by atoms with van der Waals surface area (Å²) < 4.78 is 20.4. The molecule has 1 aromatic heterocycles. The standard InChI is InChI=1S/C32H25BrIN3O5S/c1-3-40-23-12-10-20(11-13-23)28-26(31(39)41-4-2)27(19-8-6-5-7-9-19)36-32-37(28)30(38)25(43-32)17-21-16-22(33)18-24(34)29(21)42-15-14-35/h5-13,16-18,28H,3-4,15H2,1-2H3/b25-17-/t28-/m1/s1. The normalized spacial score (nSPS) is 14.5. The average Bonchev–Trinajstić information content (AvgIpc) is 3.31. The lowest BCUT2D eigenvalue weighted by Gasteiger charge is -2.26. The number of hydrogen-bond acceptors (Lipinski definition) is 8. The van der Waals surface area contributed by atoms with Crippen LogP contribution in [0.1, 0.15) is 36.6 Å². The van der Waals surface area contributed by atoms with Crippen LogP contribution in [-0.2, 0) is 9.53 Å². The van der Waals surface area contributed by atoms with Crippen molar-refractivity contribution in [2.45, 2.75) is 19.9 Å². The van der Waals surface area contributed by atoms with Crippen LogP contribution in [0.5, 0.6) is 11.5 Å². The second kappa shape index (κ2) is 13.7. The Morgan fingerprint density at radius 1 is 1.12 bits per heavy atom. The lowest BCUT2D eigenvalue weighted by Crippen LogP contribution is -2.40. The van der Waals surface area contributed by atoms with Gasteiger partial charge in [0.05, 0.1) is 38.6 Å². The molecule has 3 aromatic carbocycles. The fourth-order valence-electron chi connectivity index (χ4n) is 4.75. The van der Waals surface area contributed by atoms with Crippen molar-refractivity contribution in [2.75, 3.05) is 19.8 Å². The number of fused-ring (bicyclic) bond motifs is 1. The summed E-state index contributed by atoms with van der Waals surface area (Å²) in [6, 6.07) is 21.6. The monoisotopic (exact) mass is 769 g/mol. The highest BCUT2D eigenvalue weighted by Gasteiger charge is 2.35. The summed E-state index contributed by atoms with van der Waals surface area (Å²) in [6.07, 6.45) is 1.73. The highest BCUT2D eigenvalue weighted by atomic mass is 127. The van der Waals surface area contributed by atoms with Crippen LogP contribution >= 0.6 is 49.9 Å². The van der Waals surface area contributed by atoms with Gasteiger partial charge in [-0.05, 0) is 72.3 Å². The zero-order chi connectivity index (χ0) is 30.5. The van der Waals surface area contributed by atoms with Crippen LogP contribution in [0.15, 0.2) is 86.6 Å². The molecule has 1 aliphatic heterocycles. The highest BCUT2D eigenvalue weighted by molar-refractivity contribution is 14.1. The smallest absolute Gasteiger partial charge is 0.338 e. The zero-order valence-corrected chi connectivity index (χ0v) is 27.7. The molecule has 4 aromatic rings. The van der Waals surface area contributed by atoms with Crippen LogP contribution in [0.25, 0.3) is 11.8 Å². The molecular formula is C32H25BrIN3O5S. The molecule has 0 N–H and O–H groups in total. The molecule has 0 saturated carbocycles. The molecule has 218 valence electrons. The van der Waals surface area contributed by atoms with Gasteiger partial charge in [-0.1, -0.05) is 69.7 Å². The first-order chi connectivity index (χ1) is 20.9. The van der Waals surface area contributed by atoms with E-state index in [2.05, 4.69) is 38.5 Å². The number of halogens is 2. The maximum Gasteiger partial charge on any atom is 0.338 e. The molecule has 1 atom stereocenters. The van der Waals surface area contributed by atoms with E-state index in [0.717, 1.165) is 13.6 Å². The molecule has 43 heavy (non-hydrogen) atoms. The molecule has 11 heteroatoms. The van der Waals surface area contributed by atoms with Crippen molar-refractivity contribution in [2.24, 2.45) is 4.99 Å². The predicted octanol–water partition coefficient (Wildman–Crippen LogP) is 5.60. The number of nitrogens with zero attached hydrogens (tertiary/aromatic N) is 3. The summed E-state index contributed by atoms with van der Waals surface area (Å²) in [5.74, 6) is 0.626. The molecule has 8 nitrogen and oxygen atoms in total. The molecule has 0 bridgehead atoms. The summed E-state index contributed by atoms with van der Waals surface area (Å²) in [7, 11) is 0. The SMILES string of the molecule is CCOC(=O)C1=C(c2ccccc2)N=c2s/c(=C\c3cc(Br)cc(I)c3OCC#N)c(=O)n2[C@@H]1c1ccc(OCC)cc1. The Bertz CT molecular complexity index is 1930. The maximum absolute atomic E-state index is 14.2. The maximum atomic E-state index is 14.2. The molecule has 0 radical (unpaired) electrons. The van der Waals surface area contributed by atoms with E-state index in [1.165, 1.54) is 11.3 Å². The van der Waals surface area contributed by atoms with Gasteiger partial charge in [-0.25, -0.2) is 9.79 Å². The molecule has 0 aliphatic carbocycles. The second-order valence-corrected chi connectivity index (χ2v) is 12.3. The van der Waals surface area contributed by atoms with Gasteiger partial charge in [0.1, 0.15) is 17.6 Å². The molecule has 0 saturated heterocycles. The van der Waals surface area contributed by atoms with E-state index in [4.69, 9.17) is 24.5 Å². The quantitative estimate of drug-likeness (QED) is 0.162. The van der Waals surface area contributed by atoms with Crippen LogP contribution < -0.4 is 24.4 Å². The van der Waals surface area contributed by atoms with Gasteiger partial charge in [0, 0.05) is 15.6 Å². The second-order valence-electron chi connectivity index (χ2n) is 9.19. The lowest BCUT2D eigenvalue weighted by molar-refractivity contribution is -0.138. The van der Waals surface area contributed by atoms with Crippen molar-refractivity contribution in [3.05, 3.63) is 117 Å². The van der Waals surface area contributed by atoms with Crippen LogP contribution in [0.2, 0.25) is 0 Å². The molecule has 0 spiro atoms. The van der Waals surface area contributed by atoms with E-state index in [1.54, 1.807) is 17.6 Å². The minimum Gasteiger partial charge on any atom is -0.494 e. The molecule has 0 fully saturated rings. The van der Waals surface area contributed by atoms with Gasteiger partial charge in [0.25, 0.3) is 5.56 Å². The van der Waals surface area contributed by atoms with Crippen molar-refractivity contribution in [1.82, 2.24) is 4.57 Å². The number of rotatable bonds is 9. The van der Waals surface area contributed by atoms with Gasteiger partial charge in [-0.15, -0.1) is 0 Å². The number of carbonyl (C=O) groups excluding carboxylic acids is 1. The number of carbonyl (C=O) groups is 1. The number of esters is 1. The van der Waals surface area contributed by atoms with E-state index in [1.807, 2.05) is 79.7 Å². The third-order valence-corrected chi connectivity index (χ3v) is 8.73. The minimum atomic E-state index is -0.805. The predicted molar refractivity (Wildman–Crippen MR) is 177 cm³/mol. The van der Waals surface area contributed by atoms with Crippen LogP contribution in [0.3, 0.4) is 0 Å². The Kier molecular flexibility index (Phi) is 9.79. The van der Waals surface area contributed by atoms with Crippen molar-refractivity contribution in [3.63, 3.8) is 0 Å². The number of ether oxygens (including phenoxy) is 3. The first-order valence-electron chi connectivity index (χ1n) is 13.4. The van der Waals surface area contributed by atoms with E-state index in [-0.39, 0.29) is 24.3 Å². The molecule has 0 unspecified atom stereocenters.